The number of fused-ring (bicyclic) bond motifs is 1. The minimum absolute atomic E-state index is 0.210. The first-order valence-electron chi connectivity index (χ1n) is 8.88. The number of nitrogens with one attached hydrogen (secondary N) is 1. The molecule has 1 fully saturated rings. The predicted molar refractivity (Wildman–Crippen MR) is 96.4 cm³/mol. The first-order chi connectivity index (χ1) is 11.3. The number of thiazole rings is 1. The average Bonchev–Trinajstić information content (AvgIpc) is 3.01. The summed E-state index contributed by atoms with van der Waals surface area (Å²) in [4.78, 5) is 17.0. The Kier molecular flexibility index (Phi) is 5.65. The van der Waals surface area contributed by atoms with Gasteiger partial charge in [-0.15, -0.1) is 11.3 Å². The third-order valence-electron chi connectivity index (χ3n) is 4.94. The summed E-state index contributed by atoms with van der Waals surface area (Å²) in [5.74, 6) is 1.28. The minimum atomic E-state index is 0.210. The highest BCUT2D eigenvalue weighted by molar-refractivity contribution is 7.18. The largest absolute Gasteiger partial charge is 0.349 e. The zero-order chi connectivity index (χ0) is 16.1. The second-order valence-corrected chi connectivity index (χ2v) is 7.77. The van der Waals surface area contributed by atoms with Gasteiger partial charge in [-0.3, -0.25) is 4.79 Å². The van der Waals surface area contributed by atoms with Crippen LogP contribution in [0, 0.1) is 11.8 Å². The molecule has 3 rings (SSSR count). The number of rotatable bonds is 6. The van der Waals surface area contributed by atoms with E-state index in [1.165, 1.54) is 36.8 Å². The Bertz CT molecular complexity index is 611. The number of aromatic nitrogens is 1. The maximum atomic E-state index is 12.4. The number of unbranched alkanes of at least 4 members (excludes halogenated alkanes) is 1. The molecule has 124 valence electrons. The Morgan fingerprint density at radius 2 is 2.04 bits per heavy atom. The molecule has 1 aromatic carbocycles. The van der Waals surface area contributed by atoms with E-state index in [0.29, 0.717) is 6.54 Å². The molecule has 0 aliphatic heterocycles. The van der Waals surface area contributed by atoms with Crippen molar-refractivity contribution in [1.82, 2.24) is 10.3 Å². The number of carbonyl (C=O) groups is 1. The Morgan fingerprint density at radius 3 is 2.78 bits per heavy atom. The fourth-order valence-electron chi connectivity index (χ4n) is 3.51. The molecule has 1 saturated carbocycles. The number of benzene rings is 1. The van der Waals surface area contributed by atoms with E-state index < -0.39 is 0 Å². The van der Waals surface area contributed by atoms with Crippen LogP contribution in [0.5, 0.6) is 0 Å². The smallest absolute Gasteiger partial charge is 0.223 e. The Balaban J connectivity index is 1.46. The lowest BCUT2D eigenvalue weighted by Crippen LogP contribution is -2.32. The van der Waals surface area contributed by atoms with E-state index in [0.717, 1.165) is 29.3 Å². The molecule has 0 atom stereocenters. The predicted octanol–water partition coefficient (Wildman–Crippen LogP) is 4.91. The van der Waals surface area contributed by atoms with Crippen LogP contribution in [0.4, 0.5) is 0 Å². The Hall–Kier alpha value is -1.42. The van der Waals surface area contributed by atoms with Gasteiger partial charge in [0.1, 0.15) is 5.01 Å². The van der Waals surface area contributed by atoms with Gasteiger partial charge in [-0.05, 0) is 43.7 Å². The van der Waals surface area contributed by atoms with Crippen LogP contribution in [0.15, 0.2) is 24.3 Å². The van der Waals surface area contributed by atoms with Crippen LogP contribution in [0.3, 0.4) is 0 Å². The first-order valence-corrected chi connectivity index (χ1v) is 9.70. The van der Waals surface area contributed by atoms with Crippen LogP contribution in [0.25, 0.3) is 10.2 Å². The van der Waals surface area contributed by atoms with Gasteiger partial charge in [0, 0.05) is 5.92 Å². The maximum Gasteiger partial charge on any atom is 0.223 e. The van der Waals surface area contributed by atoms with Crippen LogP contribution in [-0.4, -0.2) is 10.9 Å². The molecule has 0 saturated heterocycles. The van der Waals surface area contributed by atoms with Crippen LogP contribution < -0.4 is 5.32 Å². The molecule has 1 heterocycles. The summed E-state index contributed by atoms with van der Waals surface area (Å²) in [5.41, 5.74) is 1.03. The lowest BCUT2D eigenvalue weighted by molar-refractivity contribution is -0.126. The summed E-state index contributed by atoms with van der Waals surface area (Å²) < 4.78 is 1.19. The van der Waals surface area contributed by atoms with Gasteiger partial charge in [-0.1, -0.05) is 38.3 Å². The van der Waals surface area contributed by atoms with E-state index in [1.54, 1.807) is 11.3 Å². The highest BCUT2D eigenvalue weighted by Gasteiger charge is 2.25. The van der Waals surface area contributed by atoms with E-state index in [9.17, 15) is 4.79 Å². The van der Waals surface area contributed by atoms with Gasteiger partial charge in [-0.2, -0.15) is 0 Å². The molecule has 1 aliphatic carbocycles. The Labute approximate surface area is 142 Å². The molecule has 1 aromatic heterocycles. The SMILES string of the molecule is CCCCC1CCC(C(=O)NCc2nc3ccccc3s2)CC1. The monoisotopic (exact) mass is 330 g/mol. The van der Waals surface area contributed by atoms with Crippen molar-refractivity contribution >= 4 is 27.5 Å². The van der Waals surface area contributed by atoms with Crippen molar-refractivity contribution in [2.75, 3.05) is 0 Å². The standard InChI is InChI=1S/C19H26N2OS/c1-2-3-6-14-9-11-15(12-10-14)19(22)20-13-18-21-16-7-4-5-8-17(16)23-18/h4-5,7-8,14-15H,2-3,6,9-13H2,1H3,(H,20,22). The van der Waals surface area contributed by atoms with E-state index in [4.69, 9.17) is 0 Å². The molecule has 2 aromatic rings. The van der Waals surface area contributed by atoms with E-state index in [2.05, 4.69) is 23.3 Å². The lowest BCUT2D eigenvalue weighted by Gasteiger charge is -2.27. The van der Waals surface area contributed by atoms with Gasteiger partial charge in [0.05, 0.1) is 16.8 Å². The van der Waals surface area contributed by atoms with Crippen molar-refractivity contribution in [3.05, 3.63) is 29.3 Å². The highest BCUT2D eigenvalue weighted by atomic mass is 32.1. The topological polar surface area (TPSA) is 42.0 Å². The molecule has 0 unspecified atom stereocenters. The summed E-state index contributed by atoms with van der Waals surface area (Å²) in [6.07, 6.45) is 8.51. The summed E-state index contributed by atoms with van der Waals surface area (Å²) in [7, 11) is 0. The van der Waals surface area contributed by atoms with Crippen LogP contribution in [0.2, 0.25) is 0 Å². The lowest BCUT2D eigenvalue weighted by atomic mass is 9.79. The summed E-state index contributed by atoms with van der Waals surface area (Å²) >= 11 is 1.67. The molecule has 1 aliphatic rings. The van der Waals surface area contributed by atoms with Gasteiger partial charge in [0.2, 0.25) is 5.91 Å². The summed E-state index contributed by atoms with van der Waals surface area (Å²) in [6, 6.07) is 8.13. The van der Waals surface area contributed by atoms with Gasteiger partial charge >= 0.3 is 0 Å². The van der Waals surface area contributed by atoms with E-state index >= 15 is 0 Å². The fraction of sp³-hybridized carbons (Fsp3) is 0.579. The van der Waals surface area contributed by atoms with Crippen LogP contribution >= 0.6 is 11.3 Å². The highest BCUT2D eigenvalue weighted by Crippen LogP contribution is 2.32. The van der Waals surface area contributed by atoms with Crippen molar-refractivity contribution in [2.24, 2.45) is 11.8 Å². The molecule has 0 bridgehead atoms. The summed E-state index contributed by atoms with van der Waals surface area (Å²) in [5, 5.41) is 4.09. The average molecular weight is 330 g/mol. The Morgan fingerprint density at radius 1 is 1.26 bits per heavy atom. The van der Waals surface area contributed by atoms with Crippen molar-refractivity contribution < 1.29 is 4.79 Å². The van der Waals surface area contributed by atoms with Gasteiger partial charge < -0.3 is 5.32 Å². The second-order valence-electron chi connectivity index (χ2n) is 6.65. The molecule has 23 heavy (non-hydrogen) atoms. The zero-order valence-electron chi connectivity index (χ0n) is 13.9. The molecule has 1 amide bonds. The maximum absolute atomic E-state index is 12.4. The number of hydrogen-bond donors (Lipinski definition) is 1. The minimum Gasteiger partial charge on any atom is -0.349 e. The van der Waals surface area contributed by atoms with Crippen molar-refractivity contribution in [2.45, 2.75) is 58.4 Å². The summed E-state index contributed by atoms with van der Waals surface area (Å²) in [6.45, 7) is 2.81. The van der Waals surface area contributed by atoms with Gasteiger partial charge in [0.15, 0.2) is 0 Å². The molecular formula is C19H26N2OS. The first kappa shape index (κ1) is 16.4. The molecule has 1 N–H and O–H groups in total. The number of amides is 1. The van der Waals surface area contributed by atoms with Crippen LogP contribution in [-0.2, 0) is 11.3 Å². The van der Waals surface area contributed by atoms with Gasteiger partial charge in [0.25, 0.3) is 0 Å². The fourth-order valence-corrected chi connectivity index (χ4v) is 4.42. The molecule has 3 nitrogen and oxygen atoms in total. The molecule has 0 spiro atoms. The molecule has 0 radical (unpaired) electrons. The van der Waals surface area contributed by atoms with Gasteiger partial charge in [-0.25, -0.2) is 4.98 Å². The van der Waals surface area contributed by atoms with Crippen molar-refractivity contribution in [3.8, 4) is 0 Å². The molecular weight excluding hydrogens is 304 g/mol. The number of nitrogens with zero attached hydrogens (tertiary/aromatic N) is 1. The number of para-hydroxylation sites is 1. The normalized spacial score (nSPS) is 21.4. The zero-order valence-corrected chi connectivity index (χ0v) is 14.7. The third-order valence-corrected chi connectivity index (χ3v) is 5.97. The van der Waals surface area contributed by atoms with E-state index in [-0.39, 0.29) is 11.8 Å². The molecule has 4 heteroatoms. The number of carbonyl (C=O) groups excluding carboxylic acids is 1. The van der Waals surface area contributed by atoms with Crippen molar-refractivity contribution in [1.29, 1.82) is 0 Å². The number of hydrogen-bond acceptors (Lipinski definition) is 3. The second kappa shape index (κ2) is 7.91. The quantitative estimate of drug-likeness (QED) is 0.817. The third kappa shape index (κ3) is 4.31. The van der Waals surface area contributed by atoms with Crippen LogP contribution in [0.1, 0.15) is 56.9 Å². The van der Waals surface area contributed by atoms with E-state index in [1.807, 2.05) is 18.2 Å². The van der Waals surface area contributed by atoms with Crippen molar-refractivity contribution in [3.63, 3.8) is 0 Å².